The first kappa shape index (κ1) is 13.3. The normalized spacial score (nSPS) is 29.6. The van der Waals surface area contributed by atoms with Crippen LogP contribution in [0.3, 0.4) is 0 Å². The third-order valence-corrected chi connectivity index (χ3v) is 3.44. The quantitative estimate of drug-likeness (QED) is 0.691. The summed E-state index contributed by atoms with van der Waals surface area (Å²) in [6.45, 7) is 7.01. The Bertz CT molecular complexity index is 335. The summed E-state index contributed by atoms with van der Waals surface area (Å²) in [5.74, 6) is 0.0245. The van der Waals surface area contributed by atoms with Crippen molar-refractivity contribution < 1.29 is 14.3 Å². The van der Waals surface area contributed by atoms with Gasteiger partial charge in [-0.3, -0.25) is 9.59 Å². The van der Waals surface area contributed by atoms with Crippen molar-refractivity contribution in [2.45, 2.75) is 26.0 Å². The zero-order valence-corrected chi connectivity index (χ0v) is 11.0. The van der Waals surface area contributed by atoms with E-state index in [1.807, 2.05) is 18.7 Å². The summed E-state index contributed by atoms with van der Waals surface area (Å²) in [5.41, 5.74) is 0. The van der Waals surface area contributed by atoms with Crippen LogP contribution in [0.2, 0.25) is 0 Å². The molecule has 2 saturated heterocycles. The Kier molecular flexibility index (Phi) is 4.19. The van der Waals surface area contributed by atoms with Gasteiger partial charge in [-0.15, -0.1) is 0 Å². The van der Waals surface area contributed by atoms with Crippen molar-refractivity contribution in [3.8, 4) is 0 Å². The van der Waals surface area contributed by atoms with Crippen LogP contribution in [0.5, 0.6) is 0 Å². The molecule has 0 aliphatic carbocycles. The summed E-state index contributed by atoms with van der Waals surface area (Å²) in [5, 5.41) is 3.00. The fourth-order valence-corrected chi connectivity index (χ4v) is 2.32. The van der Waals surface area contributed by atoms with Crippen LogP contribution in [0.15, 0.2) is 0 Å². The van der Waals surface area contributed by atoms with Crippen molar-refractivity contribution in [2.24, 2.45) is 0 Å². The van der Waals surface area contributed by atoms with Gasteiger partial charge in [-0.05, 0) is 13.8 Å². The fraction of sp³-hybridized carbons (Fsp3) is 0.833. The number of amides is 2. The van der Waals surface area contributed by atoms with E-state index in [2.05, 4.69) is 5.32 Å². The van der Waals surface area contributed by atoms with Crippen LogP contribution >= 0.6 is 0 Å². The van der Waals surface area contributed by atoms with Crippen LogP contribution in [-0.2, 0) is 14.3 Å². The van der Waals surface area contributed by atoms with Gasteiger partial charge < -0.3 is 19.9 Å². The number of carbonyl (C=O) groups is 2. The first-order chi connectivity index (χ1) is 8.58. The highest BCUT2D eigenvalue weighted by atomic mass is 16.5. The molecule has 2 aliphatic heterocycles. The number of morpholine rings is 1. The third-order valence-electron chi connectivity index (χ3n) is 3.44. The van der Waals surface area contributed by atoms with Gasteiger partial charge in [0.15, 0.2) is 0 Å². The second kappa shape index (κ2) is 5.67. The minimum atomic E-state index is 0.00330. The van der Waals surface area contributed by atoms with Crippen LogP contribution in [0, 0.1) is 0 Å². The minimum Gasteiger partial charge on any atom is -0.375 e. The Labute approximate surface area is 107 Å². The van der Waals surface area contributed by atoms with Gasteiger partial charge in [-0.2, -0.15) is 0 Å². The molecule has 0 radical (unpaired) electrons. The molecular formula is C12H21N3O3. The van der Waals surface area contributed by atoms with E-state index in [4.69, 9.17) is 4.74 Å². The monoisotopic (exact) mass is 255 g/mol. The number of rotatable bonds is 2. The molecule has 102 valence electrons. The number of hydrogen-bond acceptors (Lipinski definition) is 4. The van der Waals surface area contributed by atoms with Gasteiger partial charge in [0.2, 0.25) is 11.8 Å². The molecule has 0 aromatic heterocycles. The van der Waals surface area contributed by atoms with Gasteiger partial charge in [0.1, 0.15) is 0 Å². The maximum atomic E-state index is 12.2. The van der Waals surface area contributed by atoms with Gasteiger partial charge >= 0.3 is 0 Å². The Morgan fingerprint density at radius 3 is 3.00 bits per heavy atom. The van der Waals surface area contributed by atoms with E-state index in [0.717, 1.165) is 6.54 Å². The van der Waals surface area contributed by atoms with E-state index in [1.165, 1.54) is 0 Å². The van der Waals surface area contributed by atoms with E-state index in [0.29, 0.717) is 26.2 Å². The first-order valence-corrected chi connectivity index (χ1v) is 6.47. The lowest BCUT2D eigenvalue weighted by molar-refractivity contribution is -0.148. The molecule has 2 atom stereocenters. The van der Waals surface area contributed by atoms with Gasteiger partial charge in [0, 0.05) is 19.6 Å². The number of piperazine rings is 1. The second-order valence-electron chi connectivity index (χ2n) is 5.03. The standard InChI is InChI=1S/C12H21N3O3/c1-9-8-18-10(2)6-15(9)12(17)7-14-4-3-13-5-11(14)16/h9-10,13H,3-8H2,1-2H3/t9-,10-/m0/s1. The molecule has 2 rings (SSSR count). The highest BCUT2D eigenvalue weighted by Crippen LogP contribution is 2.12. The molecule has 0 spiro atoms. The molecule has 2 amide bonds. The van der Waals surface area contributed by atoms with Crippen molar-refractivity contribution in [3.05, 3.63) is 0 Å². The van der Waals surface area contributed by atoms with Crippen LogP contribution in [0.1, 0.15) is 13.8 Å². The lowest BCUT2D eigenvalue weighted by atomic mass is 10.2. The SMILES string of the molecule is C[C@H]1CN(C(=O)CN2CCNCC2=O)[C@@H](C)CO1. The summed E-state index contributed by atoms with van der Waals surface area (Å²) in [6, 6.07) is 0.0896. The average molecular weight is 255 g/mol. The molecule has 18 heavy (non-hydrogen) atoms. The maximum absolute atomic E-state index is 12.2. The van der Waals surface area contributed by atoms with Gasteiger partial charge in [0.05, 0.1) is 31.8 Å². The topological polar surface area (TPSA) is 61.9 Å². The largest absolute Gasteiger partial charge is 0.375 e. The number of hydrogen-bond donors (Lipinski definition) is 1. The molecular weight excluding hydrogens is 234 g/mol. The first-order valence-electron chi connectivity index (χ1n) is 6.47. The Morgan fingerprint density at radius 2 is 2.28 bits per heavy atom. The van der Waals surface area contributed by atoms with Crippen molar-refractivity contribution in [2.75, 3.05) is 39.3 Å². The van der Waals surface area contributed by atoms with E-state index in [-0.39, 0.29) is 30.5 Å². The molecule has 0 bridgehead atoms. The van der Waals surface area contributed by atoms with E-state index in [9.17, 15) is 9.59 Å². The summed E-state index contributed by atoms with van der Waals surface area (Å²) < 4.78 is 5.50. The molecule has 6 nitrogen and oxygen atoms in total. The lowest BCUT2D eigenvalue weighted by Crippen LogP contribution is -2.56. The van der Waals surface area contributed by atoms with Crippen molar-refractivity contribution >= 4 is 11.8 Å². The van der Waals surface area contributed by atoms with Crippen molar-refractivity contribution in [1.29, 1.82) is 0 Å². The van der Waals surface area contributed by atoms with E-state index < -0.39 is 0 Å². The summed E-state index contributed by atoms with van der Waals surface area (Å²) in [6.07, 6.45) is 0.0730. The number of nitrogens with zero attached hydrogens (tertiary/aromatic N) is 2. The molecule has 6 heteroatoms. The van der Waals surface area contributed by atoms with Crippen molar-refractivity contribution in [3.63, 3.8) is 0 Å². The van der Waals surface area contributed by atoms with E-state index >= 15 is 0 Å². The highest BCUT2D eigenvalue weighted by Gasteiger charge is 2.29. The molecule has 0 aromatic rings. The number of carbonyl (C=O) groups excluding carboxylic acids is 2. The van der Waals surface area contributed by atoms with E-state index in [1.54, 1.807) is 4.90 Å². The number of nitrogens with one attached hydrogen (secondary N) is 1. The minimum absolute atomic E-state index is 0.00330. The lowest BCUT2D eigenvalue weighted by Gasteiger charge is -2.38. The predicted molar refractivity (Wildman–Crippen MR) is 66.0 cm³/mol. The summed E-state index contributed by atoms with van der Waals surface area (Å²) >= 11 is 0. The Balaban J connectivity index is 1.91. The van der Waals surface area contributed by atoms with Gasteiger partial charge in [-0.25, -0.2) is 0 Å². The Hall–Kier alpha value is -1.14. The summed E-state index contributed by atoms with van der Waals surface area (Å²) in [7, 11) is 0. The van der Waals surface area contributed by atoms with Crippen molar-refractivity contribution in [1.82, 2.24) is 15.1 Å². The molecule has 0 aromatic carbocycles. The second-order valence-corrected chi connectivity index (χ2v) is 5.03. The van der Waals surface area contributed by atoms with Gasteiger partial charge in [-0.1, -0.05) is 0 Å². The van der Waals surface area contributed by atoms with Crippen LogP contribution in [0.4, 0.5) is 0 Å². The molecule has 2 heterocycles. The average Bonchev–Trinajstić information content (AvgIpc) is 2.35. The van der Waals surface area contributed by atoms with Crippen LogP contribution in [0.25, 0.3) is 0 Å². The molecule has 1 N–H and O–H groups in total. The highest BCUT2D eigenvalue weighted by molar-refractivity contribution is 5.86. The van der Waals surface area contributed by atoms with Crippen LogP contribution in [-0.4, -0.2) is 73.1 Å². The molecule has 0 saturated carbocycles. The zero-order chi connectivity index (χ0) is 13.1. The van der Waals surface area contributed by atoms with Gasteiger partial charge in [0.25, 0.3) is 0 Å². The smallest absolute Gasteiger partial charge is 0.242 e. The molecule has 2 fully saturated rings. The molecule has 0 unspecified atom stereocenters. The third kappa shape index (κ3) is 3.00. The molecule has 2 aliphatic rings. The Morgan fingerprint density at radius 1 is 1.50 bits per heavy atom. The number of ether oxygens (including phenoxy) is 1. The maximum Gasteiger partial charge on any atom is 0.242 e. The van der Waals surface area contributed by atoms with Crippen LogP contribution < -0.4 is 5.32 Å². The predicted octanol–water partition coefficient (Wildman–Crippen LogP) is -0.946. The fourth-order valence-electron chi connectivity index (χ4n) is 2.32. The zero-order valence-electron chi connectivity index (χ0n) is 11.0. The summed E-state index contributed by atoms with van der Waals surface area (Å²) in [4.78, 5) is 27.3.